The van der Waals surface area contributed by atoms with Crippen LogP contribution < -0.4 is 0 Å². The summed E-state index contributed by atoms with van der Waals surface area (Å²) in [5, 5.41) is 9.15. The van der Waals surface area contributed by atoms with Crippen LogP contribution >= 0.6 is 0 Å². The van der Waals surface area contributed by atoms with Crippen LogP contribution in [-0.2, 0) is 0 Å². The minimum atomic E-state index is 0.364. The zero-order valence-electron chi connectivity index (χ0n) is 11.4. The molecule has 0 radical (unpaired) electrons. The number of aliphatic hydroxyl groups excluding tert-OH is 1. The smallest absolute Gasteiger partial charge is 0.0445 e. The fourth-order valence-electron chi connectivity index (χ4n) is 3.62. The minimum absolute atomic E-state index is 0.364. The molecule has 2 heteroatoms. The zero-order valence-corrected chi connectivity index (χ0v) is 11.4. The Balaban J connectivity index is 1.79. The number of rotatable bonds is 4. The zero-order chi connectivity index (χ0) is 12.1. The summed E-state index contributed by atoms with van der Waals surface area (Å²) in [5.41, 5.74) is 0. The van der Waals surface area contributed by atoms with Gasteiger partial charge in [0.05, 0.1) is 0 Å². The van der Waals surface area contributed by atoms with Crippen LogP contribution in [0.25, 0.3) is 0 Å². The lowest BCUT2D eigenvalue weighted by Crippen LogP contribution is -2.43. The van der Waals surface area contributed by atoms with Gasteiger partial charge >= 0.3 is 0 Å². The first-order valence-electron chi connectivity index (χ1n) is 7.64. The van der Waals surface area contributed by atoms with E-state index in [4.69, 9.17) is 5.11 Å². The average molecular weight is 239 g/mol. The molecule has 2 aliphatic rings. The Labute approximate surface area is 106 Å². The molecule has 0 aromatic rings. The molecule has 1 saturated carbocycles. The SMILES string of the molecule is CC1CCC(CN2CCCCC2CCO)CC1. The molecule has 17 heavy (non-hydrogen) atoms. The van der Waals surface area contributed by atoms with E-state index < -0.39 is 0 Å². The minimum Gasteiger partial charge on any atom is -0.396 e. The molecule has 1 heterocycles. The van der Waals surface area contributed by atoms with Crippen molar-refractivity contribution >= 4 is 0 Å². The van der Waals surface area contributed by atoms with Gasteiger partial charge in [-0.15, -0.1) is 0 Å². The molecule has 0 aromatic carbocycles. The van der Waals surface area contributed by atoms with E-state index in [9.17, 15) is 0 Å². The Morgan fingerprint density at radius 3 is 2.53 bits per heavy atom. The molecule has 1 atom stereocenters. The average Bonchev–Trinajstić information content (AvgIpc) is 2.35. The van der Waals surface area contributed by atoms with Gasteiger partial charge in [-0.2, -0.15) is 0 Å². The summed E-state index contributed by atoms with van der Waals surface area (Å²) in [6.07, 6.45) is 10.8. The van der Waals surface area contributed by atoms with E-state index in [0.717, 1.165) is 18.3 Å². The molecule has 1 saturated heterocycles. The van der Waals surface area contributed by atoms with Crippen molar-refractivity contribution in [1.82, 2.24) is 4.90 Å². The third-order valence-corrected chi connectivity index (χ3v) is 4.84. The highest BCUT2D eigenvalue weighted by Crippen LogP contribution is 2.30. The second-order valence-electron chi connectivity index (χ2n) is 6.28. The quantitative estimate of drug-likeness (QED) is 0.815. The molecular weight excluding hydrogens is 210 g/mol. The van der Waals surface area contributed by atoms with Crippen molar-refractivity contribution in [3.8, 4) is 0 Å². The van der Waals surface area contributed by atoms with Crippen LogP contribution in [-0.4, -0.2) is 35.7 Å². The van der Waals surface area contributed by atoms with Crippen LogP contribution in [0.4, 0.5) is 0 Å². The van der Waals surface area contributed by atoms with E-state index in [-0.39, 0.29) is 0 Å². The fourth-order valence-corrected chi connectivity index (χ4v) is 3.62. The molecule has 0 bridgehead atoms. The number of aliphatic hydroxyl groups is 1. The van der Waals surface area contributed by atoms with E-state index >= 15 is 0 Å². The van der Waals surface area contributed by atoms with Crippen molar-refractivity contribution in [2.75, 3.05) is 19.7 Å². The third kappa shape index (κ3) is 3.96. The first kappa shape index (κ1) is 13.4. The van der Waals surface area contributed by atoms with E-state index in [0.29, 0.717) is 12.6 Å². The Kier molecular flexibility index (Phi) is 5.30. The number of hydrogen-bond donors (Lipinski definition) is 1. The summed E-state index contributed by atoms with van der Waals surface area (Å²) < 4.78 is 0. The molecular formula is C15H29NO. The van der Waals surface area contributed by atoms with Gasteiger partial charge < -0.3 is 10.0 Å². The fraction of sp³-hybridized carbons (Fsp3) is 1.00. The summed E-state index contributed by atoms with van der Waals surface area (Å²) in [6.45, 7) is 5.34. The van der Waals surface area contributed by atoms with Crippen molar-refractivity contribution in [1.29, 1.82) is 0 Å². The standard InChI is InChI=1S/C15H29NO/c1-13-5-7-14(8-6-13)12-16-10-3-2-4-15(16)9-11-17/h13-15,17H,2-12H2,1H3. The van der Waals surface area contributed by atoms with Crippen LogP contribution in [0.1, 0.15) is 58.3 Å². The monoisotopic (exact) mass is 239 g/mol. The Bertz CT molecular complexity index is 209. The maximum atomic E-state index is 9.15. The van der Waals surface area contributed by atoms with Gasteiger partial charge in [-0.1, -0.05) is 26.2 Å². The summed E-state index contributed by atoms with van der Waals surface area (Å²) in [4.78, 5) is 2.68. The van der Waals surface area contributed by atoms with Crippen LogP contribution in [0.3, 0.4) is 0 Å². The summed E-state index contributed by atoms with van der Waals surface area (Å²) in [6, 6.07) is 0.674. The van der Waals surface area contributed by atoms with Gasteiger partial charge in [0.2, 0.25) is 0 Å². The highest BCUT2D eigenvalue weighted by Gasteiger charge is 2.26. The summed E-state index contributed by atoms with van der Waals surface area (Å²) >= 11 is 0. The molecule has 2 rings (SSSR count). The number of nitrogens with zero attached hydrogens (tertiary/aromatic N) is 1. The van der Waals surface area contributed by atoms with Gasteiger partial charge in [-0.3, -0.25) is 0 Å². The molecule has 0 aromatic heterocycles. The van der Waals surface area contributed by atoms with Gasteiger partial charge in [0, 0.05) is 19.2 Å². The maximum absolute atomic E-state index is 9.15. The van der Waals surface area contributed by atoms with Crippen molar-refractivity contribution < 1.29 is 5.11 Å². The van der Waals surface area contributed by atoms with Crippen molar-refractivity contribution in [3.05, 3.63) is 0 Å². The van der Waals surface area contributed by atoms with E-state index in [1.807, 2.05) is 0 Å². The lowest BCUT2D eigenvalue weighted by molar-refractivity contribution is 0.0889. The van der Waals surface area contributed by atoms with Gasteiger partial charge in [-0.05, 0) is 50.5 Å². The molecule has 1 unspecified atom stereocenters. The Morgan fingerprint density at radius 2 is 1.82 bits per heavy atom. The second kappa shape index (κ2) is 6.75. The molecule has 100 valence electrons. The highest BCUT2D eigenvalue weighted by molar-refractivity contribution is 4.80. The van der Waals surface area contributed by atoms with Crippen LogP contribution in [0.5, 0.6) is 0 Å². The van der Waals surface area contributed by atoms with Crippen LogP contribution in [0.15, 0.2) is 0 Å². The summed E-state index contributed by atoms with van der Waals surface area (Å²) in [7, 11) is 0. The Hall–Kier alpha value is -0.0800. The first-order chi connectivity index (χ1) is 8.29. The molecule has 2 fully saturated rings. The third-order valence-electron chi connectivity index (χ3n) is 4.84. The molecule has 2 nitrogen and oxygen atoms in total. The largest absolute Gasteiger partial charge is 0.396 e. The van der Waals surface area contributed by atoms with Gasteiger partial charge in [0.25, 0.3) is 0 Å². The van der Waals surface area contributed by atoms with Crippen molar-refractivity contribution in [3.63, 3.8) is 0 Å². The molecule has 1 aliphatic carbocycles. The number of likely N-dealkylation sites (tertiary alicyclic amines) is 1. The van der Waals surface area contributed by atoms with Crippen molar-refractivity contribution in [2.45, 2.75) is 64.3 Å². The topological polar surface area (TPSA) is 23.5 Å². The number of piperidine rings is 1. The predicted molar refractivity (Wildman–Crippen MR) is 72.0 cm³/mol. The van der Waals surface area contributed by atoms with E-state index in [1.54, 1.807) is 0 Å². The first-order valence-corrected chi connectivity index (χ1v) is 7.64. The van der Waals surface area contributed by atoms with Gasteiger partial charge in [0.15, 0.2) is 0 Å². The van der Waals surface area contributed by atoms with Crippen LogP contribution in [0.2, 0.25) is 0 Å². The number of hydrogen-bond acceptors (Lipinski definition) is 2. The molecule has 1 aliphatic heterocycles. The lowest BCUT2D eigenvalue weighted by Gasteiger charge is -2.39. The lowest BCUT2D eigenvalue weighted by atomic mass is 9.82. The van der Waals surface area contributed by atoms with Gasteiger partial charge in [-0.25, -0.2) is 0 Å². The predicted octanol–water partition coefficient (Wildman–Crippen LogP) is 3.05. The van der Waals surface area contributed by atoms with Crippen LogP contribution in [0, 0.1) is 11.8 Å². The van der Waals surface area contributed by atoms with Gasteiger partial charge in [0.1, 0.15) is 0 Å². The Morgan fingerprint density at radius 1 is 1.06 bits per heavy atom. The molecule has 0 amide bonds. The molecule has 1 N–H and O–H groups in total. The second-order valence-corrected chi connectivity index (χ2v) is 6.28. The normalized spacial score (nSPS) is 36.0. The van der Waals surface area contributed by atoms with E-state index in [1.165, 1.54) is 58.0 Å². The maximum Gasteiger partial charge on any atom is 0.0445 e. The van der Waals surface area contributed by atoms with E-state index in [2.05, 4.69) is 11.8 Å². The summed E-state index contributed by atoms with van der Waals surface area (Å²) in [5.74, 6) is 1.89. The van der Waals surface area contributed by atoms with Crippen molar-refractivity contribution in [2.24, 2.45) is 11.8 Å². The highest BCUT2D eigenvalue weighted by atomic mass is 16.3. The molecule has 0 spiro atoms.